The summed E-state index contributed by atoms with van der Waals surface area (Å²) in [6, 6.07) is 2.63. The number of hydrogen-bond acceptors (Lipinski definition) is 0. The van der Waals surface area contributed by atoms with Crippen molar-refractivity contribution in [2.24, 2.45) is 0 Å². The Labute approximate surface area is 69.0 Å². The van der Waals surface area contributed by atoms with Crippen LogP contribution in [0, 0.1) is 19.7 Å². The van der Waals surface area contributed by atoms with Gasteiger partial charge in [-0.15, -0.1) is 0 Å². The van der Waals surface area contributed by atoms with Gasteiger partial charge in [0.2, 0.25) is 0 Å². The highest BCUT2D eigenvalue weighted by molar-refractivity contribution is 5.32. The second-order valence-electron chi connectivity index (χ2n) is 2.71. The van der Waals surface area contributed by atoms with Crippen molar-refractivity contribution >= 4 is 0 Å². The SMILES string of the molecule is Cc1ccc(C(F)F)c(C)c1F. The minimum atomic E-state index is -2.60. The maximum absolute atomic E-state index is 13.0. The summed E-state index contributed by atoms with van der Waals surface area (Å²) in [5.74, 6) is -0.534. The van der Waals surface area contributed by atoms with Crippen molar-refractivity contribution in [3.05, 3.63) is 34.6 Å². The van der Waals surface area contributed by atoms with Crippen LogP contribution in [-0.4, -0.2) is 0 Å². The summed E-state index contributed by atoms with van der Waals surface area (Å²) in [6.07, 6.45) is -2.60. The van der Waals surface area contributed by atoms with Gasteiger partial charge in [-0.1, -0.05) is 12.1 Å². The summed E-state index contributed by atoms with van der Waals surface area (Å²) in [5, 5.41) is 0. The Morgan fingerprint density at radius 1 is 1.17 bits per heavy atom. The van der Waals surface area contributed by atoms with Gasteiger partial charge >= 0.3 is 0 Å². The second kappa shape index (κ2) is 3.17. The average Bonchev–Trinajstić information content (AvgIpc) is 2.00. The number of rotatable bonds is 1. The van der Waals surface area contributed by atoms with Gasteiger partial charge < -0.3 is 0 Å². The van der Waals surface area contributed by atoms with E-state index in [0.29, 0.717) is 5.56 Å². The largest absolute Gasteiger partial charge is 0.264 e. The smallest absolute Gasteiger partial charge is 0.206 e. The predicted octanol–water partition coefficient (Wildman–Crippen LogP) is 3.38. The van der Waals surface area contributed by atoms with E-state index < -0.39 is 12.2 Å². The first kappa shape index (κ1) is 9.10. The molecule has 0 aromatic heterocycles. The van der Waals surface area contributed by atoms with E-state index in [1.807, 2.05) is 0 Å². The monoisotopic (exact) mass is 174 g/mol. The fourth-order valence-electron chi connectivity index (χ4n) is 1.07. The van der Waals surface area contributed by atoms with Crippen LogP contribution < -0.4 is 0 Å². The molecule has 0 N–H and O–H groups in total. The molecule has 0 atom stereocenters. The van der Waals surface area contributed by atoms with E-state index in [1.165, 1.54) is 19.1 Å². The van der Waals surface area contributed by atoms with Gasteiger partial charge in [-0.05, 0) is 25.0 Å². The summed E-state index contributed by atoms with van der Waals surface area (Å²) < 4.78 is 37.4. The zero-order valence-electron chi connectivity index (χ0n) is 6.87. The molecule has 0 saturated carbocycles. The van der Waals surface area contributed by atoms with Gasteiger partial charge in [-0.2, -0.15) is 0 Å². The molecule has 0 radical (unpaired) electrons. The lowest BCUT2D eigenvalue weighted by atomic mass is 10.1. The van der Waals surface area contributed by atoms with E-state index >= 15 is 0 Å². The molecule has 0 heterocycles. The molecule has 0 aliphatic rings. The molecule has 0 bridgehead atoms. The van der Waals surface area contributed by atoms with Crippen molar-refractivity contribution in [3.8, 4) is 0 Å². The van der Waals surface area contributed by atoms with Crippen LogP contribution in [0.5, 0.6) is 0 Å². The Kier molecular flexibility index (Phi) is 2.40. The first-order valence-corrected chi connectivity index (χ1v) is 3.57. The molecule has 1 aromatic carbocycles. The topological polar surface area (TPSA) is 0 Å². The molecule has 3 heteroatoms. The zero-order chi connectivity index (χ0) is 9.30. The molecule has 0 nitrogen and oxygen atoms in total. The molecule has 0 unspecified atom stereocenters. The molecule has 0 saturated heterocycles. The number of hydrogen-bond donors (Lipinski definition) is 0. The highest BCUT2D eigenvalue weighted by atomic mass is 19.3. The molecule has 12 heavy (non-hydrogen) atoms. The maximum atomic E-state index is 13.0. The molecular weight excluding hydrogens is 165 g/mol. The van der Waals surface area contributed by atoms with Gasteiger partial charge in [-0.25, -0.2) is 13.2 Å². The van der Waals surface area contributed by atoms with Crippen LogP contribution in [0.3, 0.4) is 0 Å². The third-order valence-electron chi connectivity index (χ3n) is 1.86. The Morgan fingerprint density at radius 3 is 2.25 bits per heavy atom. The molecule has 0 spiro atoms. The average molecular weight is 174 g/mol. The molecule has 0 fully saturated rings. The molecule has 1 aromatic rings. The lowest BCUT2D eigenvalue weighted by Gasteiger charge is -2.06. The third kappa shape index (κ3) is 1.44. The van der Waals surface area contributed by atoms with Gasteiger partial charge in [0.25, 0.3) is 6.43 Å². The van der Waals surface area contributed by atoms with Crippen LogP contribution in [0.15, 0.2) is 12.1 Å². The standard InChI is InChI=1S/C9H9F3/c1-5-3-4-7(9(11)12)6(2)8(5)10/h3-4,9H,1-2H3. The van der Waals surface area contributed by atoms with E-state index in [2.05, 4.69) is 0 Å². The van der Waals surface area contributed by atoms with Crippen LogP contribution >= 0.6 is 0 Å². The van der Waals surface area contributed by atoms with Gasteiger partial charge in [0.15, 0.2) is 0 Å². The van der Waals surface area contributed by atoms with Crippen LogP contribution in [0.1, 0.15) is 23.1 Å². The lowest BCUT2D eigenvalue weighted by molar-refractivity contribution is 0.150. The summed E-state index contributed by atoms with van der Waals surface area (Å²) in [5.41, 5.74) is 0.222. The number of benzene rings is 1. The van der Waals surface area contributed by atoms with Crippen LogP contribution in [-0.2, 0) is 0 Å². The van der Waals surface area contributed by atoms with Crippen molar-refractivity contribution in [1.82, 2.24) is 0 Å². The van der Waals surface area contributed by atoms with E-state index in [9.17, 15) is 13.2 Å². The summed E-state index contributed by atoms with van der Waals surface area (Å²) in [6.45, 7) is 2.92. The minimum Gasteiger partial charge on any atom is -0.206 e. The normalized spacial score (nSPS) is 10.8. The molecule has 0 aliphatic heterocycles. The van der Waals surface area contributed by atoms with Crippen molar-refractivity contribution < 1.29 is 13.2 Å². The first-order chi connectivity index (χ1) is 5.54. The van der Waals surface area contributed by atoms with Crippen molar-refractivity contribution in [1.29, 1.82) is 0 Å². The zero-order valence-corrected chi connectivity index (χ0v) is 6.87. The highest BCUT2D eigenvalue weighted by Gasteiger charge is 2.14. The van der Waals surface area contributed by atoms with Crippen molar-refractivity contribution in [3.63, 3.8) is 0 Å². The number of aryl methyl sites for hydroxylation is 1. The van der Waals surface area contributed by atoms with Gasteiger partial charge in [0.05, 0.1) is 0 Å². The minimum absolute atomic E-state index is 0.0463. The van der Waals surface area contributed by atoms with E-state index in [4.69, 9.17) is 0 Å². The third-order valence-corrected chi connectivity index (χ3v) is 1.86. The fourth-order valence-corrected chi connectivity index (χ4v) is 1.07. The quantitative estimate of drug-likeness (QED) is 0.612. The van der Waals surface area contributed by atoms with E-state index in [1.54, 1.807) is 6.92 Å². The first-order valence-electron chi connectivity index (χ1n) is 3.57. The Morgan fingerprint density at radius 2 is 1.75 bits per heavy atom. The molecule has 1 rings (SSSR count). The molecular formula is C9H9F3. The number of alkyl halides is 2. The fraction of sp³-hybridized carbons (Fsp3) is 0.333. The Hall–Kier alpha value is -0.990. The summed E-state index contributed by atoms with van der Waals surface area (Å²) in [7, 11) is 0. The second-order valence-corrected chi connectivity index (χ2v) is 2.71. The van der Waals surface area contributed by atoms with Gasteiger partial charge in [0.1, 0.15) is 5.82 Å². The van der Waals surface area contributed by atoms with Gasteiger partial charge in [-0.3, -0.25) is 0 Å². The molecule has 0 amide bonds. The predicted molar refractivity (Wildman–Crippen MR) is 40.8 cm³/mol. The van der Waals surface area contributed by atoms with E-state index in [0.717, 1.165) is 0 Å². The van der Waals surface area contributed by atoms with Gasteiger partial charge in [0, 0.05) is 5.56 Å². The van der Waals surface area contributed by atoms with Crippen molar-refractivity contribution in [2.75, 3.05) is 0 Å². The molecule has 66 valence electrons. The van der Waals surface area contributed by atoms with Crippen LogP contribution in [0.4, 0.5) is 13.2 Å². The summed E-state index contributed by atoms with van der Waals surface area (Å²) >= 11 is 0. The highest BCUT2D eigenvalue weighted by Crippen LogP contribution is 2.25. The molecule has 0 aliphatic carbocycles. The maximum Gasteiger partial charge on any atom is 0.264 e. The lowest BCUT2D eigenvalue weighted by Crippen LogP contribution is -1.95. The van der Waals surface area contributed by atoms with Crippen molar-refractivity contribution in [2.45, 2.75) is 20.3 Å². The van der Waals surface area contributed by atoms with Crippen LogP contribution in [0.2, 0.25) is 0 Å². The van der Waals surface area contributed by atoms with Crippen LogP contribution in [0.25, 0.3) is 0 Å². The Balaban J connectivity index is 3.27. The summed E-state index contributed by atoms with van der Waals surface area (Å²) in [4.78, 5) is 0. The Bertz CT molecular complexity index is 292. The van der Waals surface area contributed by atoms with E-state index in [-0.39, 0.29) is 11.1 Å². The number of halogens is 3.